The highest BCUT2D eigenvalue weighted by Crippen LogP contribution is 2.12. The van der Waals surface area contributed by atoms with Crippen LogP contribution in [0.4, 0.5) is 5.82 Å². The third-order valence-electron chi connectivity index (χ3n) is 2.32. The summed E-state index contributed by atoms with van der Waals surface area (Å²) in [6, 6.07) is 3.41. The number of ether oxygens (including phenoxy) is 2. The standard InChI is InChI=1S/C11H16ClN3O3/c1-17-8-7-15(6-5-11(16)18-2)10-4-3-9(12)13-14-10/h3-4H,5-8H2,1-2H3. The van der Waals surface area contributed by atoms with Gasteiger partial charge in [0.05, 0.1) is 20.1 Å². The van der Waals surface area contributed by atoms with E-state index < -0.39 is 0 Å². The van der Waals surface area contributed by atoms with Crippen LogP contribution in [0.2, 0.25) is 5.15 Å². The van der Waals surface area contributed by atoms with E-state index in [1.807, 2.05) is 4.90 Å². The minimum absolute atomic E-state index is 0.265. The number of halogens is 1. The molecule has 0 spiro atoms. The maximum Gasteiger partial charge on any atom is 0.307 e. The Kier molecular flexibility index (Phi) is 6.38. The van der Waals surface area contributed by atoms with Crippen molar-refractivity contribution in [2.24, 2.45) is 0 Å². The largest absolute Gasteiger partial charge is 0.469 e. The fraction of sp³-hybridized carbons (Fsp3) is 0.545. The lowest BCUT2D eigenvalue weighted by molar-refractivity contribution is -0.140. The topological polar surface area (TPSA) is 64.5 Å². The van der Waals surface area contributed by atoms with Gasteiger partial charge in [0.2, 0.25) is 0 Å². The molecule has 0 bridgehead atoms. The Bertz CT molecular complexity index is 372. The first kappa shape index (κ1) is 14.7. The van der Waals surface area contributed by atoms with Gasteiger partial charge in [0.25, 0.3) is 0 Å². The van der Waals surface area contributed by atoms with Crippen LogP contribution in [0.1, 0.15) is 6.42 Å². The molecule has 1 rings (SSSR count). The van der Waals surface area contributed by atoms with Gasteiger partial charge in [0.1, 0.15) is 0 Å². The SMILES string of the molecule is COCCN(CCC(=O)OC)c1ccc(Cl)nn1. The van der Waals surface area contributed by atoms with Crippen molar-refractivity contribution in [2.75, 3.05) is 38.8 Å². The van der Waals surface area contributed by atoms with E-state index in [4.69, 9.17) is 16.3 Å². The zero-order valence-corrected chi connectivity index (χ0v) is 11.2. The Labute approximate surface area is 111 Å². The van der Waals surface area contributed by atoms with E-state index in [9.17, 15) is 4.79 Å². The molecule has 18 heavy (non-hydrogen) atoms. The van der Waals surface area contributed by atoms with Gasteiger partial charge < -0.3 is 14.4 Å². The van der Waals surface area contributed by atoms with E-state index in [-0.39, 0.29) is 12.4 Å². The fourth-order valence-corrected chi connectivity index (χ4v) is 1.45. The second-order valence-corrected chi connectivity index (χ2v) is 3.91. The highest BCUT2D eigenvalue weighted by Gasteiger charge is 2.11. The minimum atomic E-state index is -0.265. The van der Waals surface area contributed by atoms with Gasteiger partial charge in [0.15, 0.2) is 11.0 Å². The van der Waals surface area contributed by atoms with Gasteiger partial charge >= 0.3 is 5.97 Å². The summed E-state index contributed by atoms with van der Waals surface area (Å²) >= 11 is 5.68. The van der Waals surface area contributed by atoms with Gasteiger partial charge in [0, 0.05) is 20.2 Å². The highest BCUT2D eigenvalue weighted by molar-refractivity contribution is 6.29. The van der Waals surface area contributed by atoms with E-state index in [1.54, 1.807) is 19.2 Å². The molecule has 0 saturated heterocycles. The van der Waals surface area contributed by atoms with E-state index in [1.165, 1.54) is 7.11 Å². The van der Waals surface area contributed by atoms with Crippen LogP contribution in [0, 0.1) is 0 Å². The Morgan fingerprint density at radius 2 is 2.11 bits per heavy atom. The molecule has 0 aliphatic rings. The molecule has 1 aromatic heterocycles. The van der Waals surface area contributed by atoms with E-state index in [0.717, 1.165) is 0 Å². The van der Waals surface area contributed by atoms with Gasteiger partial charge in [-0.05, 0) is 12.1 Å². The van der Waals surface area contributed by atoms with Crippen molar-refractivity contribution < 1.29 is 14.3 Å². The van der Waals surface area contributed by atoms with Crippen molar-refractivity contribution in [1.82, 2.24) is 10.2 Å². The molecule has 7 heteroatoms. The molecule has 0 amide bonds. The third kappa shape index (κ3) is 4.85. The van der Waals surface area contributed by atoms with Gasteiger partial charge in [-0.2, -0.15) is 0 Å². The number of anilines is 1. The summed E-state index contributed by atoms with van der Waals surface area (Å²) in [6.07, 6.45) is 0.282. The van der Waals surface area contributed by atoms with Crippen LogP contribution in [0.5, 0.6) is 0 Å². The maximum absolute atomic E-state index is 11.1. The molecule has 0 aliphatic heterocycles. The molecule has 0 aliphatic carbocycles. The molecule has 0 N–H and O–H groups in total. The molecule has 0 saturated carbocycles. The molecule has 0 unspecified atom stereocenters. The van der Waals surface area contributed by atoms with Crippen LogP contribution in [-0.4, -0.2) is 50.1 Å². The van der Waals surface area contributed by atoms with Crippen LogP contribution >= 0.6 is 11.6 Å². The first-order chi connectivity index (χ1) is 8.67. The summed E-state index contributed by atoms with van der Waals surface area (Å²) in [5.74, 6) is 0.389. The molecule has 0 atom stereocenters. The minimum Gasteiger partial charge on any atom is -0.469 e. The zero-order chi connectivity index (χ0) is 13.4. The lowest BCUT2D eigenvalue weighted by Crippen LogP contribution is -2.30. The number of aromatic nitrogens is 2. The van der Waals surface area contributed by atoms with E-state index >= 15 is 0 Å². The summed E-state index contributed by atoms with van der Waals surface area (Å²) in [6.45, 7) is 1.64. The monoisotopic (exact) mass is 273 g/mol. The molecular formula is C11H16ClN3O3. The predicted octanol–water partition coefficient (Wildman–Crippen LogP) is 1.15. The van der Waals surface area contributed by atoms with Crippen LogP contribution in [0.15, 0.2) is 12.1 Å². The second-order valence-electron chi connectivity index (χ2n) is 3.52. The number of carbonyl (C=O) groups is 1. The maximum atomic E-state index is 11.1. The zero-order valence-electron chi connectivity index (χ0n) is 10.4. The van der Waals surface area contributed by atoms with E-state index in [2.05, 4.69) is 14.9 Å². The van der Waals surface area contributed by atoms with Crippen LogP contribution in [0.25, 0.3) is 0 Å². The Morgan fingerprint density at radius 3 is 2.67 bits per heavy atom. The summed E-state index contributed by atoms with van der Waals surface area (Å²) in [7, 11) is 2.98. The van der Waals surface area contributed by atoms with Gasteiger partial charge in [-0.1, -0.05) is 11.6 Å². The van der Waals surface area contributed by atoms with Gasteiger partial charge in [-0.25, -0.2) is 0 Å². The number of esters is 1. The first-order valence-corrected chi connectivity index (χ1v) is 5.85. The molecule has 0 radical (unpaired) electrons. The average Bonchev–Trinajstić information content (AvgIpc) is 2.40. The summed E-state index contributed by atoms with van der Waals surface area (Å²) in [5, 5.41) is 8.08. The molecular weight excluding hydrogens is 258 g/mol. The van der Waals surface area contributed by atoms with Crippen molar-refractivity contribution in [2.45, 2.75) is 6.42 Å². The van der Waals surface area contributed by atoms with Crippen molar-refractivity contribution in [3.63, 3.8) is 0 Å². The van der Waals surface area contributed by atoms with Crippen LogP contribution in [-0.2, 0) is 14.3 Å². The molecule has 1 heterocycles. The predicted molar refractivity (Wildman–Crippen MR) is 67.8 cm³/mol. The first-order valence-electron chi connectivity index (χ1n) is 5.47. The summed E-state index contributed by atoms with van der Waals surface area (Å²) < 4.78 is 9.62. The van der Waals surface area contributed by atoms with Crippen molar-refractivity contribution in [1.29, 1.82) is 0 Å². The van der Waals surface area contributed by atoms with Gasteiger partial charge in [-0.3, -0.25) is 4.79 Å². The number of hydrogen-bond donors (Lipinski definition) is 0. The van der Waals surface area contributed by atoms with Crippen molar-refractivity contribution in [3.05, 3.63) is 17.3 Å². The molecule has 1 aromatic rings. The molecule has 0 aromatic carbocycles. The quantitative estimate of drug-likeness (QED) is 0.695. The Morgan fingerprint density at radius 1 is 1.33 bits per heavy atom. The van der Waals surface area contributed by atoms with Crippen LogP contribution in [0.3, 0.4) is 0 Å². The molecule has 0 fully saturated rings. The lowest BCUT2D eigenvalue weighted by Gasteiger charge is -2.22. The third-order valence-corrected chi connectivity index (χ3v) is 2.52. The average molecular weight is 274 g/mol. The lowest BCUT2D eigenvalue weighted by atomic mass is 10.3. The van der Waals surface area contributed by atoms with Crippen LogP contribution < -0.4 is 4.90 Å². The van der Waals surface area contributed by atoms with Gasteiger partial charge in [-0.15, -0.1) is 10.2 Å². The summed E-state index contributed by atoms with van der Waals surface area (Å²) in [5.41, 5.74) is 0. The number of rotatable bonds is 7. The smallest absolute Gasteiger partial charge is 0.307 e. The second kappa shape index (κ2) is 7.84. The molecule has 6 nitrogen and oxygen atoms in total. The Balaban J connectivity index is 2.64. The number of nitrogens with zero attached hydrogens (tertiary/aromatic N) is 3. The normalized spacial score (nSPS) is 10.2. The number of hydrogen-bond acceptors (Lipinski definition) is 6. The molecule has 100 valence electrons. The van der Waals surface area contributed by atoms with Crippen molar-refractivity contribution in [3.8, 4) is 0 Å². The van der Waals surface area contributed by atoms with E-state index in [0.29, 0.717) is 30.7 Å². The highest BCUT2D eigenvalue weighted by atomic mass is 35.5. The summed E-state index contributed by atoms with van der Waals surface area (Å²) in [4.78, 5) is 13.0. The number of methoxy groups -OCH3 is 2. The fourth-order valence-electron chi connectivity index (χ4n) is 1.35. The number of carbonyl (C=O) groups excluding carboxylic acids is 1. The Hall–Kier alpha value is -1.40. The van der Waals surface area contributed by atoms with Crippen molar-refractivity contribution >= 4 is 23.4 Å².